The highest BCUT2D eigenvalue weighted by atomic mass is 16.4. The predicted octanol–water partition coefficient (Wildman–Crippen LogP) is 4.05. The summed E-state index contributed by atoms with van der Waals surface area (Å²) in [5.74, 6) is -0.919. The van der Waals surface area contributed by atoms with Gasteiger partial charge in [-0.15, -0.1) is 0 Å². The number of hydrogen-bond donors (Lipinski definition) is 2. The minimum absolute atomic E-state index is 0.294. The summed E-state index contributed by atoms with van der Waals surface area (Å²) in [5.41, 5.74) is 5.00. The number of aromatic carboxylic acids is 1. The summed E-state index contributed by atoms with van der Waals surface area (Å²) in [7, 11) is 0. The molecule has 0 aliphatic carbocycles. The summed E-state index contributed by atoms with van der Waals surface area (Å²) in [5, 5.41) is 12.5. The number of carboxylic acid groups (broad SMARTS) is 1. The molecule has 2 rings (SSSR count). The summed E-state index contributed by atoms with van der Waals surface area (Å²) in [6.07, 6.45) is 0. The predicted molar refractivity (Wildman–Crippen MR) is 77.3 cm³/mol. The first-order valence-electron chi connectivity index (χ1n) is 6.16. The highest BCUT2D eigenvalue weighted by Crippen LogP contribution is 2.27. The largest absolute Gasteiger partial charge is 0.478 e. The molecule has 0 bridgehead atoms. The van der Waals surface area contributed by atoms with E-state index in [1.54, 1.807) is 6.07 Å². The smallest absolute Gasteiger partial charge is 0.337 e. The SMILES string of the molecule is Cc1ccc(Nc2c(C)cccc2C)c(C(=O)O)c1. The van der Waals surface area contributed by atoms with Crippen LogP contribution in [0, 0.1) is 20.8 Å². The number of rotatable bonds is 3. The molecule has 2 N–H and O–H groups in total. The van der Waals surface area contributed by atoms with Gasteiger partial charge in [0.25, 0.3) is 0 Å². The van der Waals surface area contributed by atoms with E-state index in [4.69, 9.17) is 0 Å². The second-order valence-electron chi connectivity index (χ2n) is 4.75. The molecule has 0 saturated carbocycles. The molecule has 0 unspecified atom stereocenters. The first-order chi connectivity index (χ1) is 8.99. The number of benzene rings is 2. The Morgan fingerprint density at radius 3 is 2.26 bits per heavy atom. The van der Waals surface area contributed by atoms with E-state index in [0.717, 1.165) is 22.4 Å². The number of aryl methyl sites for hydroxylation is 3. The van der Waals surface area contributed by atoms with Crippen molar-refractivity contribution in [1.82, 2.24) is 0 Å². The van der Waals surface area contributed by atoms with Gasteiger partial charge in [0.15, 0.2) is 0 Å². The Morgan fingerprint density at radius 1 is 1.05 bits per heavy atom. The van der Waals surface area contributed by atoms with Crippen molar-refractivity contribution in [2.45, 2.75) is 20.8 Å². The molecule has 3 nitrogen and oxygen atoms in total. The van der Waals surface area contributed by atoms with Gasteiger partial charge in [0.2, 0.25) is 0 Å². The fourth-order valence-electron chi connectivity index (χ4n) is 2.09. The third kappa shape index (κ3) is 2.76. The van der Waals surface area contributed by atoms with Gasteiger partial charge in [0.1, 0.15) is 0 Å². The van der Waals surface area contributed by atoms with Gasteiger partial charge in [-0.25, -0.2) is 4.79 Å². The van der Waals surface area contributed by atoms with E-state index in [1.165, 1.54) is 0 Å². The van der Waals surface area contributed by atoms with E-state index in [-0.39, 0.29) is 0 Å². The molecule has 0 spiro atoms. The summed E-state index contributed by atoms with van der Waals surface area (Å²) < 4.78 is 0. The molecule has 0 fully saturated rings. The highest BCUT2D eigenvalue weighted by molar-refractivity contribution is 5.95. The van der Waals surface area contributed by atoms with Crippen LogP contribution in [0.3, 0.4) is 0 Å². The van der Waals surface area contributed by atoms with Gasteiger partial charge in [-0.1, -0.05) is 29.8 Å². The van der Waals surface area contributed by atoms with Crippen LogP contribution in [0.2, 0.25) is 0 Å². The zero-order valence-electron chi connectivity index (χ0n) is 11.3. The lowest BCUT2D eigenvalue weighted by molar-refractivity contribution is 0.0698. The monoisotopic (exact) mass is 255 g/mol. The number of anilines is 2. The Bertz CT molecular complexity index is 612. The number of hydrogen-bond acceptors (Lipinski definition) is 2. The van der Waals surface area contributed by atoms with Crippen LogP contribution in [0.4, 0.5) is 11.4 Å². The van der Waals surface area contributed by atoms with Crippen LogP contribution in [-0.4, -0.2) is 11.1 Å². The van der Waals surface area contributed by atoms with Crippen molar-refractivity contribution in [2.75, 3.05) is 5.32 Å². The molecule has 19 heavy (non-hydrogen) atoms. The molecule has 0 heterocycles. The molecule has 0 amide bonds. The molecule has 2 aromatic rings. The van der Waals surface area contributed by atoms with Crippen LogP contribution in [0.1, 0.15) is 27.0 Å². The standard InChI is InChI=1S/C16H17NO2/c1-10-7-8-14(13(9-10)16(18)19)17-15-11(2)5-4-6-12(15)3/h4-9,17H,1-3H3,(H,18,19). The Balaban J connectivity index is 2.47. The van der Waals surface area contributed by atoms with Crippen LogP contribution < -0.4 is 5.32 Å². The molecule has 0 radical (unpaired) electrons. The molecule has 0 aliphatic heterocycles. The number of para-hydroxylation sites is 1. The minimum atomic E-state index is -0.919. The topological polar surface area (TPSA) is 49.3 Å². The molecule has 3 heteroatoms. The molecular weight excluding hydrogens is 238 g/mol. The molecule has 0 aromatic heterocycles. The van der Waals surface area contributed by atoms with Crippen LogP contribution in [0.15, 0.2) is 36.4 Å². The summed E-state index contributed by atoms with van der Waals surface area (Å²) >= 11 is 0. The van der Waals surface area contributed by atoms with E-state index < -0.39 is 5.97 Å². The van der Waals surface area contributed by atoms with Gasteiger partial charge in [0, 0.05) is 5.69 Å². The molecule has 0 atom stereocenters. The van der Waals surface area contributed by atoms with Crippen LogP contribution in [-0.2, 0) is 0 Å². The Morgan fingerprint density at radius 2 is 1.68 bits per heavy atom. The lowest BCUT2D eigenvalue weighted by atomic mass is 10.1. The van der Waals surface area contributed by atoms with Gasteiger partial charge in [0.05, 0.1) is 11.3 Å². The average molecular weight is 255 g/mol. The highest BCUT2D eigenvalue weighted by Gasteiger charge is 2.12. The summed E-state index contributed by atoms with van der Waals surface area (Å²) in [6.45, 7) is 5.89. The van der Waals surface area contributed by atoms with Crippen LogP contribution >= 0.6 is 0 Å². The molecule has 2 aromatic carbocycles. The maximum absolute atomic E-state index is 11.3. The first kappa shape index (κ1) is 13.1. The van der Waals surface area contributed by atoms with Crippen LogP contribution in [0.25, 0.3) is 0 Å². The van der Waals surface area contributed by atoms with Gasteiger partial charge in [-0.3, -0.25) is 0 Å². The van der Waals surface area contributed by atoms with Crippen molar-refractivity contribution >= 4 is 17.3 Å². The fourth-order valence-corrected chi connectivity index (χ4v) is 2.09. The fraction of sp³-hybridized carbons (Fsp3) is 0.188. The minimum Gasteiger partial charge on any atom is -0.478 e. The second kappa shape index (κ2) is 5.14. The van der Waals surface area contributed by atoms with E-state index in [9.17, 15) is 9.90 Å². The van der Waals surface area contributed by atoms with Gasteiger partial charge >= 0.3 is 5.97 Å². The number of carbonyl (C=O) groups is 1. The van der Waals surface area contributed by atoms with E-state index >= 15 is 0 Å². The van der Waals surface area contributed by atoms with Crippen LogP contribution in [0.5, 0.6) is 0 Å². The quantitative estimate of drug-likeness (QED) is 0.869. The molecule has 0 saturated heterocycles. The second-order valence-corrected chi connectivity index (χ2v) is 4.75. The van der Waals surface area contributed by atoms with Crippen molar-refractivity contribution in [3.8, 4) is 0 Å². The van der Waals surface area contributed by atoms with Crippen molar-refractivity contribution in [3.63, 3.8) is 0 Å². The lowest BCUT2D eigenvalue weighted by Crippen LogP contribution is -2.04. The molecule has 98 valence electrons. The van der Waals surface area contributed by atoms with Gasteiger partial charge in [-0.05, 0) is 44.0 Å². The molecule has 0 aliphatic rings. The zero-order valence-corrected chi connectivity index (χ0v) is 11.3. The van der Waals surface area contributed by atoms with Crippen molar-refractivity contribution in [1.29, 1.82) is 0 Å². The lowest BCUT2D eigenvalue weighted by Gasteiger charge is -2.14. The Kier molecular flexibility index (Phi) is 3.56. The average Bonchev–Trinajstić information content (AvgIpc) is 2.35. The van der Waals surface area contributed by atoms with Crippen molar-refractivity contribution < 1.29 is 9.90 Å². The van der Waals surface area contributed by atoms with Crippen molar-refractivity contribution in [2.24, 2.45) is 0 Å². The van der Waals surface area contributed by atoms with E-state index in [2.05, 4.69) is 5.32 Å². The Hall–Kier alpha value is -2.29. The van der Waals surface area contributed by atoms with Gasteiger partial charge < -0.3 is 10.4 Å². The van der Waals surface area contributed by atoms with Crippen molar-refractivity contribution in [3.05, 3.63) is 58.7 Å². The summed E-state index contributed by atoms with van der Waals surface area (Å²) in [6, 6.07) is 11.4. The van der Waals surface area contributed by atoms with E-state index in [0.29, 0.717) is 11.3 Å². The normalized spacial score (nSPS) is 10.3. The van der Waals surface area contributed by atoms with E-state index in [1.807, 2.05) is 51.1 Å². The third-order valence-electron chi connectivity index (χ3n) is 3.15. The maximum Gasteiger partial charge on any atom is 0.337 e. The molecular formula is C16H17NO2. The van der Waals surface area contributed by atoms with Gasteiger partial charge in [-0.2, -0.15) is 0 Å². The zero-order chi connectivity index (χ0) is 14.0. The third-order valence-corrected chi connectivity index (χ3v) is 3.15. The number of carboxylic acids is 1. The summed E-state index contributed by atoms with van der Waals surface area (Å²) in [4.78, 5) is 11.3. The maximum atomic E-state index is 11.3. The Labute approximate surface area is 112 Å². The number of nitrogens with one attached hydrogen (secondary N) is 1. The first-order valence-corrected chi connectivity index (χ1v) is 6.16.